The van der Waals surface area contributed by atoms with Crippen LogP contribution in [0.5, 0.6) is 11.5 Å². The van der Waals surface area contributed by atoms with Crippen LogP contribution >= 0.6 is 0 Å². The molecule has 4 rings (SSSR count). The predicted molar refractivity (Wildman–Crippen MR) is 129 cm³/mol. The van der Waals surface area contributed by atoms with Crippen LogP contribution in [0.25, 0.3) is 0 Å². The van der Waals surface area contributed by atoms with Crippen molar-refractivity contribution in [2.75, 3.05) is 14.2 Å². The number of hydrogen-bond donors (Lipinski definition) is 2. The van der Waals surface area contributed by atoms with E-state index in [0.717, 1.165) is 25.7 Å². The Hall–Kier alpha value is -4.08. The van der Waals surface area contributed by atoms with Gasteiger partial charge in [0, 0.05) is 6.04 Å². The first-order valence-electron chi connectivity index (χ1n) is 12.0. The summed E-state index contributed by atoms with van der Waals surface area (Å²) in [4.78, 5) is 51.3. The van der Waals surface area contributed by atoms with Crippen molar-refractivity contribution in [1.82, 2.24) is 5.32 Å². The summed E-state index contributed by atoms with van der Waals surface area (Å²) >= 11 is 0. The molecule has 2 aromatic rings. The lowest BCUT2D eigenvalue weighted by atomic mass is 9.95. The topological polar surface area (TPSA) is 137 Å². The van der Waals surface area contributed by atoms with Crippen LogP contribution in [0.15, 0.2) is 48.5 Å². The van der Waals surface area contributed by atoms with Crippen LogP contribution in [0.1, 0.15) is 46.4 Å². The molecule has 37 heavy (non-hydrogen) atoms. The number of methoxy groups -OCH3 is 2. The average molecular weight is 512 g/mol. The third-order valence-electron chi connectivity index (χ3n) is 6.92. The number of nitrogens with one attached hydrogen (secondary N) is 1. The molecule has 5 atom stereocenters. The van der Waals surface area contributed by atoms with Crippen LogP contribution in [0, 0.1) is 11.8 Å². The summed E-state index contributed by atoms with van der Waals surface area (Å²) in [6.07, 6.45) is -0.185. The molecule has 2 N–H and O–H groups in total. The summed E-state index contributed by atoms with van der Waals surface area (Å²) in [5, 5.41) is 12.8. The second kappa shape index (κ2) is 11.3. The van der Waals surface area contributed by atoms with Crippen LogP contribution in [-0.2, 0) is 19.1 Å². The summed E-state index contributed by atoms with van der Waals surface area (Å²) in [6.45, 7) is 0. The van der Waals surface area contributed by atoms with Crippen LogP contribution < -0.4 is 14.8 Å². The maximum atomic E-state index is 13.3. The largest absolute Gasteiger partial charge is 0.497 e. The van der Waals surface area contributed by atoms with E-state index in [4.69, 9.17) is 18.9 Å². The van der Waals surface area contributed by atoms with Crippen LogP contribution in [0.4, 0.5) is 0 Å². The van der Waals surface area contributed by atoms with E-state index in [1.807, 2.05) is 0 Å². The molecule has 2 aliphatic carbocycles. The summed E-state index contributed by atoms with van der Waals surface area (Å²) in [5.74, 6) is -2.92. The molecule has 1 amide bonds. The molecular weight excluding hydrogens is 482 g/mol. The Morgan fingerprint density at radius 2 is 1.41 bits per heavy atom. The van der Waals surface area contributed by atoms with Crippen molar-refractivity contribution in [2.45, 2.75) is 43.9 Å². The van der Waals surface area contributed by atoms with Crippen LogP contribution in [0.3, 0.4) is 0 Å². The number of hydrogen-bond acceptors (Lipinski definition) is 8. The first-order valence-corrected chi connectivity index (χ1v) is 12.0. The zero-order valence-corrected chi connectivity index (χ0v) is 20.5. The van der Waals surface area contributed by atoms with Gasteiger partial charge in [0.05, 0.1) is 25.3 Å². The van der Waals surface area contributed by atoms with Gasteiger partial charge in [-0.2, -0.15) is 0 Å². The van der Waals surface area contributed by atoms with E-state index < -0.39 is 36.0 Å². The van der Waals surface area contributed by atoms with Gasteiger partial charge >= 0.3 is 17.9 Å². The first kappa shape index (κ1) is 26.0. The zero-order valence-electron chi connectivity index (χ0n) is 20.5. The minimum atomic E-state index is -2.09. The van der Waals surface area contributed by atoms with Gasteiger partial charge in [-0.05, 0) is 67.5 Å². The van der Waals surface area contributed by atoms with Crippen LogP contribution in [-0.4, -0.2) is 61.4 Å². The molecule has 2 bridgehead atoms. The third kappa shape index (κ3) is 6.02. The number of carbonyl (C=O) groups excluding carboxylic acids is 3. The molecule has 0 aliphatic heterocycles. The quantitative estimate of drug-likeness (QED) is 0.461. The highest BCUT2D eigenvalue weighted by atomic mass is 16.6. The van der Waals surface area contributed by atoms with Gasteiger partial charge in [-0.1, -0.05) is 18.6 Å². The Labute approximate surface area is 213 Å². The molecule has 10 nitrogen and oxygen atoms in total. The van der Waals surface area contributed by atoms with Crippen molar-refractivity contribution < 1.29 is 43.2 Å². The maximum Gasteiger partial charge on any atom is 0.349 e. The minimum absolute atomic E-state index is 0.0111. The molecule has 0 spiro atoms. The predicted octanol–water partition coefficient (Wildman–Crippen LogP) is 2.84. The molecule has 2 aromatic carbocycles. The first-order chi connectivity index (χ1) is 17.8. The zero-order chi connectivity index (χ0) is 26.5. The van der Waals surface area contributed by atoms with E-state index in [9.17, 15) is 24.3 Å². The monoisotopic (exact) mass is 511 g/mol. The molecule has 0 unspecified atom stereocenters. The van der Waals surface area contributed by atoms with Crippen LogP contribution in [0.2, 0.25) is 0 Å². The summed E-state index contributed by atoms with van der Waals surface area (Å²) in [6, 6.07) is 11.8. The fraction of sp³-hybridized carbons (Fsp3) is 0.407. The Bertz CT molecular complexity index is 1180. The highest BCUT2D eigenvalue weighted by molar-refractivity contribution is 5.97. The summed E-state index contributed by atoms with van der Waals surface area (Å²) < 4.78 is 20.9. The van der Waals surface area contributed by atoms with Gasteiger partial charge in [-0.25, -0.2) is 14.4 Å². The molecule has 0 radical (unpaired) electrons. The van der Waals surface area contributed by atoms with E-state index in [0.29, 0.717) is 17.4 Å². The van der Waals surface area contributed by atoms with Gasteiger partial charge in [0.1, 0.15) is 11.5 Å². The number of amides is 1. The van der Waals surface area contributed by atoms with E-state index >= 15 is 0 Å². The Morgan fingerprint density at radius 3 is 1.86 bits per heavy atom. The van der Waals surface area contributed by atoms with Crippen molar-refractivity contribution >= 4 is 23.8 Å². The highest BCUT2D eigenvalue weighted by Gasteiger charge is 2.45. The Balaban J connectivity index is 1.58. The molecule has 2 aliphatic rings. The maximum absolute atomic E-state index is 13.3. The van der Waals surface area contributed by atoms with Crippen molar-refractivity contribution in [3.63, 3.8) is 0 Å². The van der Waals surface area contributed by atoms with Gasteiger partial charge in [-0.3, -0.25) is 4.79 Å². The van der Waals surface area contributed by atoms with Crippen molar-refractivity contribution in [1.29, 1.82) is 0 Å². The molecule has 196 valence electrons. The smallest absolute Gasteiger partial charge is 0.349 e. The molecular formula is C27H29NO9. The van der Waals surface area contributed by atoms with E-state index in [1.54, 1.807) is 18.2 Å². The molecule has 2 saturated carbocycles. The standard InChI is InChI=1S/C27H29NO9/c1-34-19-7-3-5-17(13-19)26(32)36-22(24(29)28-21-12-15-9-10-16(21)11-15)23(25(30)31)37-27(33)18-6-4-8-20(14-18)35-2/h3-8,13-16,21-23H,9-12H2,1-2H3,(H,28,29)(H,30,31)/t15-,16-,21+,22+,23-/m0/s1. The van der Waals surface area contributed by atoms with Crippen molar-refractivity contribution in [3.8, 4) is 11.5 Å². The number of aliphatic carboxylic acids is 1. The second-order valence-electron chi connectivity index (χ2n) is 9.24. The minimum Gasteiger partial charge on any atom is -0.497 e. The van der Waals surface area contributed by atoms with E-state index in [1.165, 1.54) is 44.6 Å². The number of fused-ring (bicyclic) bond motifs is 2. The van der Waals surface area contributed by atoms with Gasteiger partial charge in [0.25, 0.3) is 5.91 Å². The van der Waals surface area contributed by atoms with E-state index in [2.05, 4.69) is 5.32 Å². The molecule has 0 saturated heterocycles. The number of benzene rings is 2. The van der Waals surface area contributed by atoms with Gasteiger partial charge in [0.15, 0.2) is 0 Å². The fourth-order valence-electron chi connectivity index (χ4n) is 5.05. The number of carboxylic acid groups (broad SMARTS) is 1. The van der Waals surface area contributed by atoms with Gasteiger partial charge in [0.2, 0.25) is 12.2 Å². The lowest BCUT2D eigenvalue weighted by Gasteiger charge is -2.28. The van der Waals surface area contributed by atoms with Gasteiger partial charge < -0.3 is 29.4 Å². The van der Waals surface area contributed by atoms with Gasteiger partial charge in [-0.15, -0.1) is 0 Å². The van der Waals surface area contributed by atoms with Crippen molar-refractivity contribution in [3.05, 3.63) is 59.7 Å². The SMILES string of the molecule is COc1cccc(C(=O)O[C@H](C(=O)O)[C@@H](OC(=O)c2cccc(OC)c2)C(=O)N[C@@H]2C[C@H]3CC[C@H]2C3)c1. The Kier molecular flexibility index (Phi) is 7.95. The number of esters is 2. The number of rotatable bonds is 10. The number of carbonyl (C=O) groups is 4. The van der Waals surface area contributed by atoms with Crippen molar-refractivity contribution in [2.24, 2.45) is 11.8 Å². The summed E-state index contributed by atoms with van der Waals surface area (Å²) in [5.41, 5.74) is 0.0531. The molecule has 10 heteroatoms. The second-order valence-corrected chi connectivity index (χ2v) is 9.24. The fourth-order valence-corrected chi connectivity index (χ4v) is 5.05. The lowest BCUT2D eigenvalue weighted by molar-refractivity contribution is -0.159. The third-order valence-corrected chi connectivity index (χ3v) is 6.92. The average Bonchev–Trinajstić information content (AvgIpc) is 3.53. The number of carboxylic acids is 1. The number of ether oxygens (including phenoxy) is 4. The molecule has 2 fully saturated rings. The molecule has 0 aromatic heterocycles. The molecule has 0 heterocycles. The normalized spacial score (nSPS) is 21.4. The van der Waals surface area contributed by atoms with E-state index in [-0.39, 0.29) is 23.1 Å². The summed E-state index contributed by atoms with van der Waals surface area (Å²) in [7, 11) is 2.84. The Morgan fingerprint density at radius 1 is 0.838 bits per heavy atom. The highest BCUT2D eigenvalue weighted by Crippen LogP contribution is 2.44. The lowest BCUT2D eigenvalue weighted by Crippen LogP contribution is -2.53.